The molecule has 1 N–H and O–H groups in total. The van der Waals surface area contributed by atoms with Gasteiger partial charge in [0.2, 0.25) is 0 Å². The minimum absolute atomic E-state index is 0.328. The molecule has 1 aromatic rings. The van der Waals surface area contributed by atoms with E-state index in [0.717, 1.165) is 18.4 Å². The second kappa shape index (κ2) is 5.83. The van der Waals surface area contributed by atoms with E-state index in [1.807, 2.05) is 0 Å². The lowest BCUT2D eigenvalue weighted by Crippen LogP contribution is -2.25. The molecule has 0 radical (unpaired) electrons. The van der Waals surface area contributed by atoms with E-state index >= 15 is 0 Å². The molecular formula is C14H18ClFO. The maximum atomic E-state index is 12.9. The Morgan fingerprint density at radius 1 is 1.29 bits per heavy atom. The summed E-state index contributed by atoms with van der Waals surface area (Å²) < 4.78 is 12.9. The number of halogens is 2. The molecule has 3 heteroatoms. The van der Waals surface area contributed by atoms with E-state index in [2.05, 4.69) is 0 Å². The number of rotatable bonds is 3. The summed E-state index contributed by atoms with van der Waals surface area (Å²) in [7, 11) is 0. The van der Waals surface area contributed by atoms with Crippen LogP contribution in [0.3, 0.4) is 0 Å². The van der Waals surface area contributed by atoms with Crippen LogP contribution >= 0.6 is 11.6 Å². The third kappa shape index (κ3) is 3.43. The van der Waals surface area contributed by atoms with Crippen molar-refractivity contribution in [1.82, 2.24) is 0 Å². The summed E-state index contributed by atoms with van der Waals surface area (Å²) in [6.45, 7) is 0. The minimum Gasteiger partial charge on any atom is -0.392 e. The molecule has 1 unspecified atom stereocenters. The van der Waals surface area contributed by atoms with Crippen LogP contribution in [0.1, 0.15) is 37.7 Å². The molecule has 1 saturated carbocycles. The molecule has 0 heterocycles. The van der Waals surface area contributed by atoms with Gasteiger partial charge in [-0.25, -0.2) is 4.39 Å². The van der Waals surface area contributed by atoms with E-state index in [4.69, 9.17) is 11.6 Å². The molecule has 94 valence electrons. The van der Waals surface area contributed by atoms with Crippen molar-refractivity contribution in [3.05, 3.63) is 34.6 Å². The number of aliphatic hydroxyl groups excluding tert-OH is 1. The summed E-state index contributed by atoms with van der Waals surface area (Å²) in [6.07, 6.45) is 6.07. The first-order valence-corrected chi connectivity index (χ1v) is 6.66. The fourth-order valence-electron chi connectivity index (χ4n) is 2.60. The van der Waals surface area contributed by atoms with Crippen molar-refractivity contribution >= 4 is 11.6 Å². The molecule has 1 atom stereocenters. The Morgan fingerprint density at radius 2 is 2.00 bits per heavy atom. The molecule has 0 aromatic heterocycles. The number of benzene rings is 1. The summed E-state index contributed by atoms with van der Waals surface area (Å²) in [5, 5.41) is 10.6. The van der Waals surface area contributed by atoms with Crippen LogP contribution in [-0.4, -0.2) is 11.2 Å². The second-order valence-electron chi connectivity index (χ2n) is 4.91. The lowest BCUT2D eigenvalue weighted by atomic mass is 9.83. The Morgan fingerprint density at radius 3 is 2.65 bits per heavy atom. The van der Waals surface area contributed by atoms with Crippen LogP contribution in [-0.2, 0) is 6.42 Å². The van der Waals surface area contributed by atoms with Crippen LogP contribution < -0.4 is 0 Å². The Kier molecular flexibility index (Phi) is 4.41. The quantitative estimate of drug-likeness (QED) is 0.868. The summed E-state index contributed by atoms with van der Waals surface area (Å²) in [5.41, 5.74) is 0.839. The average molecular weight is 257 g/mol. The molecule has 17 heavy (non-hydrogen) atoms. The lowest BCUT2D eigenvalue weighted by molar-refractivity contribution is 0.0851. The van der Waals surface area contributed by atoms with Crippen LogP contribution in [0.25, 0.3) is 0 Å². The first-order valence-electron chi connectivity index (χ1n) is 6.29. The van der Waals surface area contributed by atoms with E-state index in [0.29, 0.717) is 17.4 Å². The van der Waals surface area contributed by atoms with Crippen molar-refractivity contribution in [2.75, 3.05) is 0 Å². The molecule has 1 fully saturated rings. The molecule has 1 aliphatic carbocycles. The normalized spacial score (nSPS) is 19.2. The molecule has 0 amide bonds. The van der Waals surface area contributed by atoms with Crippen molar-refractivity contribution in [2.45, 2.75) is 44.6 Å². The zero-order valence-electron chi connectivity index (χ0n) is 9.83. The zero-order valence-corrected chi connectivity index (χ0v) is 10.6. The molecule has 1 aromatic carbocycles. The average Bonchev–Trinajstić information content (AvgIpc) is 2.34. The van der Waals surface area contributed by atoms with Gasteiger partial charge >= 0.3 is 0 Å². The van der Waals surface area contributed by atoms with Gasteiger partial charge in [0.1, 0.15) is 5.82 Å². The van der Waals surface area contributed by atoms with Gasteiger partial charge in [0.05, 0.1) is 6.10 Å². The summed E-state index contributed by atoms with van der Waals surface area (Å²) in [6, 6.07) is 4.38. The highest BCUT2D eigenvalue weighted by atomic mass is 35.5. The standard InChI is InChI=1S/C14H18ClFO/c15-13-9-12(16)7-6-11(13)8-14(17)10-4-2-1-3-5-10/h6-7,9-10,14,17H,1-5,8H2. The van der Waals surface area contributed by atoms with Crippen molar-refractivity contribution in [2.24, 2.45) is 5.92 Å². The Hall–Kier alpha value is -0.600. The minimum atomic E-state index is -0.349. The van der Waals surface area contributed by atoms with Crippen LogP contribution in [0.2, 0.25) is 5.02 Å². The van der Waals surface area contributed by atoms with E-state index in [-0.39, 0.29) is 11.9 Å². The fourth-order valence-corrected chi connectivity index (χ4v) is 2.84. The SMILES string of the molecule is OC(Cc1ccc(F)cc1Cl)C1CCCCC1. The smallest absolute Gasteiger partial charge is 0.124 e. The van der Waals surface area contributed by atoms with E-state index in [1.54, 1.807) is 6.07 Å². The Bertz CT molecular complexity index is 374. The van der Waals surface area contributed by atoms with Gasteiger partial charge < -0.3 is 5.11 Å². The van der Waals surface area contributed by atoms with Crippen LogP contribution in [0.4, 0.5) is 4.39 Å². The maximum Gasteiger partial charge on any atom is 0.124 e. The van der Waals surface area contributed by atoms with Crippen LogP contribution in [0.5, 0.6) is 0 Å². The highest BCUT2D eigenvalue weighted by Gasteiger charge is 2.22. The molecule has 0 bridgehead atoms. The largest absolute Gasteiger partial charge is 0.392 e. The van der Waals surface area contributed by atoms with Gasteiger partial charge in [-0.1, -0.05) is 36.9 Å². The number of hydrogen-bond donors (Lipinski definition) is 1. The van der Waals surface area contributed by atoms with E-state index in [1.165, 1.54) is 31.4 Å². The first kappa shape index (κ1) is 12.8. The van der Waals surface area contributed by atoms with Crippen LogP contribution in [0.15, 0.2) is 18.2 Å². The number of hydrogen-bond acceptors (Lipinski definition) is 1. The topological polar surface area (TPSA) is 20.2 Å². The Labute approximate surface area is 107 Å². The molecule has 0 spiro atoms. The van der Waals surface area contributed by atoms with Gasteiger partial charge in [0, 0.05) is 11.4 Å². The second-order valence-corrected chi connectivity index (χ2v) is 5.31. The highest BCUT2D eigenvalue weighted by Crippen LogP contribution is 2.29. The van der Waals surface area contributed by atoms with Crippen molar-refractivity contribution in [3.63, 3.8) is 0 Å². The van der Waals surface area contributed by atoms with Crippen molar-refractivity contribution in [1.29, 1.82) is 0 Å². The fraction of sp³-hybridized carbons (Fsp3) is 0.571. The molecule has 0 aliphatic heterocycles. The predicted octanol–water partition coefficient (Wildman–Crippen LogP) is 3.96. The van der Waals surface area contributed by atoms with Gasteiger partial charge in [-0.15, -0.1) is 0 Å². The van der Waals surface area contributed by atoms with Gasteiger partial charge in [0.15, 0.2) is 0 Å². The van der Waals surface area contributed by atoms with E-state index < -0.39 is 0 Å². The van der Waals surface area contributed by atoms with Crippen molar-refractivity contribution in [3.8, 4) is 0 Å². The van der Waals surface area contributed by atoms with E-state index in [9.17, 15) is 9.50 Å². The molecule has 2 rings (SSSR count). The molecule has 0 saturated heterocycles. The van der Waals surface area contributed by atoms with Gasteiger partial charge in [-0.3, -0.25) is 0 Å². The van der Waals surface area contributed by atoms with Gasteiger partial charge in [-0.05, 0) is 36.5 Å². The van der Waals surface area contributed by atoms with Crippen LogP contribution in [0, 0.1) is 11.7 Å². The summed E-state index contributed by atoms with van der Waals surface area (Å²) in [5.74, 6) is 0.0516. The third-order valence-corrected chi connectivity index (χ3v) is 3.99. The Balaban J connectivity index is 1.99. The highest BCUT2D eigenvalue weighted by molar-refractivity contribution is 6.31. The van der Waals surface area contributed by atoms with Gasteiger partial charge in [0.25, 0.3) is 0 Å². The monoisotopic (exact) mass is 256 g/mol. The summed E-state index contributed by atoms with van der Waals surface area (Å²) >= 11 is 5.96. The zero-order chi connectivity index (χ0) is 12.3. The maximum absolute atomic E-state index is 12.9. The first-order chi connectivity index (χ1) is 8.16. The number of aliphatic hydroxyl groups is 1. The van der Waals surface area contributed by atoms with Gasteiger partial charge in [-0.2, -0.15) is 0 Å². The predicted molar refractivity (Wildman–Crippen MR) is 67.7 cm³/mol. The molecule has 1 aliphatic rings. The molecule has 1 nitrogen and oxygen atoms in total. The van der Waals surface area contributed by atoms with Crippen molar-refractivity contribution < 1.29 is 9.50 Å². The molecular weight excluding hydrogens is 239 g/mol. The lowest BCUT2D eigenvalue weighted by Gasteiger charge is -2.26. The third-order valence-electron chi connectivity index (χ3n) is 3.64. The summed E-state index contributed by atoms with van der Waals surface area (Å²) in [4.78, 5) is 0.